The van der Waals surface area contributed by atoms with Crippen LogP contribution in [0.25, 0.3) is 0 Å². The van der Waals surface area contributed by atoms with Crippen LogP contribution < -0.4 is 16.4 Å². The third-order valence-corrected chi connectivity index (χ3v) is 0.781. The number of primary amides is 1. The van der Waals surface area contributed by atoms with Crippen LogP contribution in [0.4, 0.5) is 4.79 Å². The second-order valence-electron chi connectivity index (χ2n) is 1.51. The van der Waals surface area contributed by atoms with E-state index in [1.807, 2.05) is 0 Å². The molecule has 0 radical (unpaired) electrons. The molecule has 0 heterocycles. The fourth-order valence-corrected chi connectivity index (χ4v) is 0.395. The number of rotatable bonds is 4. The molecule has 0 fully saturated rings. The molecule has 0 saturated carbocycles. The van der Waals surface area contributed by atoms with Crippen molar-refractivity contribution < 1.29 is 9.59 Å². The Morgan fingerprint density at radius 2 is 2.30 bits per heavy atom. The van der Waals surface area contributed by atoms with Crippen molar-refractivity contribution in [1.82, 2.24) is 10.6 Å². The zero-order valence-electron chi connectivity index (χ0n) is 5.33. The fourth-order valence-electron chi connectivity index (χ4n) is 0.395. The van der Waals surface area contributed by atoms with E-state index < -0.39 is 12.2 Å². The largest absolute Gasteiger partial charge is 0.352 e. The van der Waals surface area contributed by atoms with Crippen molar-refractivity contribution in [3.8, 4) is 0 Å². The zero-order valence-corrected chi connectivity index (χ0v) is 5.33. The third-order valence-electron chi connectivity index (χ3n) is 0.781. The van der Waals surface area contributed by atoms with Crippen LogP contribution in [0.2, 0.25) is 0 Å². The first-order chi connectivity index (χ1) is 4.70. The molecule has 0 bridgehead atoms. The van der Waals surface area contributed by atoms with Crippen molar-refractivity contribution in [2.24, 2.45) is 5.73 Å². The van der Waals surface area contributed by atoms with Gasteiger partial charge in [-0.1, -0.05) is 6.58 Å². The molecule has 0 aromatic carbocycles. The Hall–Kier alpha value is -1.52. The van der Waals surface area contributed by atoms with Gasteiger partial charge < -0.3 is 16.4 Å². The highest BCUT2D eigenvalue weighted by Gasteiger charge is 2.01. The second-order valence-corrected chi connectivity index (χ2v) is 1.51. The van der Waals surface area contributed by atoms with Crippen LogP contribution in [0.1, 0.15) is 0 Å². The van der Waals surface area contributed by atoms with E-state index >= 15 is 0 Å². The second kappa shape index (κ2) is 4.37. The smallest absolute Gasteiger partial charge is 0.314 e. The lowest BCUT2D eigenvalue weighted by atomic mass is 10.5. The Morgan fingerprint density at radius 1 is 1.70 bits per heavy atom. The maximum absolute atomic E-state index is 10.2. The number of urea groups is 1. The third kappa shape index (κ3) is 3.48. The van der Waals surface area contributed by atoms with Crippen LogP contribution in [0.5, 0.6) is 0 Å². The van der Waals surface area contributed by atoms with Crippen molar-refractivity contribution >= 4 is 12.4 Å². The first-order valence-corrected chi connectivity index (χ1v) is 2.59. The van der Waals surface area contributed by atoms with Gasteiger partial charge in [0, 0.05) is 0 Å². The summed E-state index contributed by atoms with van der Waals surface area (Å²) in [7, 11) is 0. The van der Waals surface area contributed by atoms with Crippen LogP contribution in [-0.2, 0) is 4.79 Å². The highest BCUT2D eigenvalue weighted by atomic mass is 16.2. The van der Waals surface area contributed by atoms with Gasteiger partial charge in [0.1, 0.15) is 6.17 Å². The number of hydrogen-bond acceptors (Lipinski definition) is 2. The van der Waals surface area contributed by atoms with Crippen molar-refractivity contribution in [3.63, 3.8) is 0 Å². The minimum atomic E-state index is -0.709. The topological polar surface area (TPSA) is 84.2 Å². The molecule has 3 amide bonds. The quantitative estimate of drug-likeness (QED) is 0.265. The van der Waals surface area contributed by atoms with Gasteiger partial charge in [-0.05, 0) is 6.08 Å². The van der Waals surface area contributed by atoms with Crippen LogP contribution in [0.3, 0.4) is 0 Å². The summed E-state index contributed by atoms with van der Waals surface area (Å²) in [5, 5.41) is 4.46. The first kappa shape index (κ1) is 8.48. The lowest BCUT2D eigenvalue weighted by Gasteiger charge is -2.10. The molecule has 0 aliphatic rings. The molecule has 0 aromatic rings. The first-order valence-electron chi connectivity index (χ1n) is 2.59. The molecule has 0 rings (SSSR count). The van der Waals surface area contributed by atoms with Gasteiger partial charge in [0.25, 0.3) is 0 Å². The van der Waals surface area contributed by atoms with E-state index in [1.165, 1.54) is 6.08 Å². The molecule has 0 aliphatic heterocycles. The van der Waals surface area contributed by atoms with Gasteiger partial charge in [0.05, 0.1) is 0 Å². The van der Waals surface area contributed by atoms with E-state index in [9.17, 15) is 9.59 Å². The molecule has 10 heavy (non-hydrogen) atoms. The average Bonchev–Trinajstić information content (AvgIpc) is 1.86. The summed E-state index contributed by atoms with van der Waals surface area (Å²) in [5.74, 6) is 0. The monoisotopic (exact) mass is 143 g/mol. The Morgan fingerprint density at radius 3 is 2.60 bits per heavy atom. The summed E-state index contributed by atoms with van der Waals surface area (Å²) >= 11 is 0. The lowest BCUT2D eigenvalue weighted by Crippen LogP contribution is -2.45. The maximum Gasteiger partial charge on any atom is 0.314 e. The molecule has 0 saturated heterocycles. The summed E-state index contributed by atoms with van der Waals surface area (Å²) in [5.41, 5.74) is 4.75. The minimum Gasteiger partial charge on any atom is -0.352 e. The van der Waals surface area contributed by atoms with E-state index in [4.69, 9.17) is 5.73 Å². The predicted octanol–water partition coefficient (Wildman–Crippen LogP) is -1.09. The molecular formula is C5H9N3O2. The summed E-state index contributed by atoms with van der Waals surface area (Å²) < 4.78 is 0. The van der Waals surface area contributed by atoms with Crippen molar-refractivity contribution in [3.05, 3.63) is 12.7 Å². The summed E-state index contributed by atoms with van der Waals surface area (Å²) in [6.45, 7) is 3.34. The molecule has 1 atom stereocenters. The summed E-state index contributed by atoms with van der Waals surface area (Å²) in [6, 6.07) is -0.709. The Labute approximate surface area is 58.3 Å². The zero-order chi connectivity index (χ0) is 7.98. The predicted molar refractivity (Wildman–Crippen MR) is 35.9 cm³/mol. The number of carbonyl (C=O) groups excluding carboxylic acids is 2. The highest BCUT2D eigenvalue weighted by molar-refractivity contribution is 5.72. The number of carbonyl (C=O) groups is 2. The van der Waals surface area contributed by atoms with Crippen LogP contribution in [-0.4, -0.2) is 18.6 Å². The standard InChI is InChI=1S/C5H9N3O2/c1-2-4(7-3-9)8-5(6)10/h2-4H,1H2,(H,7,9)(H3,6,8,10). The van der Waals surface area contributed by atoms with Crippen molar-refractivity contribution in [1.29, 1.82) is 0 Å². The number of nitrogens with one attached hydrogen (secondary N) is 2. The van der Waals surface area contributed by atoms with Crippen LogP contribution >= 0.6 is 0 Å². The van der Waals surface area contributed by atoms with Crippen molar-refractivity contribution in [2.75, 3.05) is 0 Å². The fraction of sp³-hybridized carbons (Fsp3) is 0.200. The van der Waals surface area contributed by atoms with Gasteiger partial charge in [-0.25, -0.2) is 4.79 Å². The van der Waals surface area contributed by atoms with Gasteiger partial charge in [0.2, 0.25) is 6.41 Å². The van der Waals surface area contributed by atoms with Crippen molar-refractivity contribution in [2.45, 2.75) is 6.17 Å². The highest BCUT2D eigenvalue weighted by Crippen LogP contribution is 1.74. The van der Waals surface area contributed by atoms with Gasteiger partial charge in [-0.2, -0.15) is 0 Å². The SMILES string of the molecule is C=CC(NC=O)NC(N)=O. The lowest BCUT2D eigenvalue weighted by molar-refractivity contribution is -0.109. The van der Waals surface area contributed by atoms with E-state index in [-0.39, 0.29) is 0 Å². The van der Waals surface area contributed by atoms with Gasteiger partial charge in [-0.3, -0.25) is 4.79 Å². The minimum absolute atomic E-state index is 0.447. The van der Waals surface area contributed by atoms with E-state index in [2.05, 4.69) is 17.2 Å². The number of amides is 3. The van der Waals surface area contributed by atoms with E-state index in [0.29, 0.717) is 6.41 Å². The molecule has 56 valence electrons. The van der Waals surface area contributed by atoms with Crippen LogP contribution in [0, 0.1) is 0 Å². The summed E-state index contributed by atoms with van der Waals surface area (Å²) in [6.07, 6.45) is 1.21. The molecule has 0 spiro atoms. The van der Waals surface area contributed by atoms with Gasteiger partial charge in [-0.15, -0.1) is 0 Å². The Balaban J connectivity index is 3.70. The molecular weight excluding hydrogens is 134 g/mol. The molecule has 1 unspecified atom stereocenters. The molecule has 0 aromatic heterocycles. The molecule has 5 heteroatoms. The maximum atomic E-state index is 10.2. The Bertz CT molecular complexity index is 146. The van der Waals surface area contributed by atoms with Gasteiger partial charge in [0.15, 0.2) is 0 Å². The van der Waals surface area contributed by atoms with Gasteiger partial charge >= 0.3 is 6.03 Å². The molecule has 0 aliphatic carbocycles. The summed E-state index contributed by atoms with van der Waals surface area (Å²) in [4.78, 5) is 20.0. The average molecular weight is 143 g/mol. The van der Waals surface area contributed by atoms with Crippen LogP contribution in [0.15, 0.2) is 12.7 Å². The molecule has 5 nitrogen and oxygen atoms in total. The van der Waals surface area contributed by atoms with E-state index in [1.54, 1.807) is 0 Å². The number of nitrogens with two attached hydrogens (primary N) is 1. The van der Waals surface area contributed by atoms with E-state index in [0.717, 1.165) is 0 Å². The Kier molecular flexibility index (Phi) is 3.70. The normalized spacial score (nSPS) is 11.2. The molecule has 4 N–H and O–H groups in total. The number of hydrogen-bond donors (Lipinski definition) is 3.